The summed E-state index contributed by atoms with van der Waals surface area (Å²) < 4.78 is 2.30. The van der Waals surface area contributed by atoms with Gasteiger partial charge in [0, 0.05) is 0 Å². The fourth-order valence-corrected chi connectivity index (χ4v) is 10.0. The van der Waals surface area contributed by atoms with Crippen molar-refractivity contribution >= 4 is 0 Å². The molecule has 0 aliphatic heterocycles. The number of halogens is 2. The quantitative estimate of drug-likeness (QED) is 0.537. The number of allylic oxidation sites excluding steroid dienone is 8. The Hall–Kier alpha value is 0.423. The first-order chi connectivity index (χ1) is 11.8. The first kappa shape index (κ1) is 25.5. The Morgan fingerprint density at radius 1 is 1.04 bits per heavy atom. The fraction of sp³-hybridized carbons (Fsp3) is 0.667. The van der Waals surface area contributed by atoms with Gasteiger partial charge in [0.25, 0.3) is 0 Å². The Morgan fingerprint density at radius 2 is 1.67 bits per heavy atom. The summed E-state index contributed by atoms with van der Waals surface area (Å²) in [5, 5.41) is 0. The third kappa shape index (κ3) is 4.95. The molecule has 0 amide bonds. The molecule has 0 aromatic carbocycles. The summed E-state index contributed by atoms with van der Waals surface area (Å²) in [5.74, 6) is 0.868. The molecule has 1 unspecified atom stereocenters. The van der Waals surface area contributed by atoms with E-state index in [-0.39, 0.29) is 24.8 Å². The minimum atomic E-state index is -0.715. The van der Waals surface area contributed by atoms with Gasteiger partial charge in [-0.2, -0.15) is 0 Å². The molecule has 0 saturated heterocycles. The van der Waals surface area contributed by atoms with Crippen LogP contribution in [-0.2, 0) is 23.2 Å². The van der Waals surface area contributed by atoms with Crippen LogP contribution in [0.1, 0.15) is 86.5 Å². The van der Waals surface area contributed by atoms with E-state index in [0.717, 1.165) is 5.92 Å². The van der Waals surface area contributed by atoms with Crippen LogP contribution in [0, 0.1) is 11.3 Å². The topological polar surface area (TPSA) is 0 Å². The van der Waals surface area contributed by atoms with Crippen LogP contribution in [0.25, 0.3) is 0 Å². The maximum Gasteiger partial charge on any atom is -1.00 e. The molecule has 3 heteroatoms. The SMILES string of the molecule is CCCC[C]1([Zr+2][C]2=C(C)C(C)=C(C)C2(C)C)C=CC(C2CCCC2)=C1.[Cl-].[Cl-]. The maximum absolute atomic E-state index is 2.77. The van der Waals surface area contributed by atoms with E-state index in [4.69, 9.17) is 0 Å². The van der Waals surface area contributed by atoms with Crippen molar-refractivity contribution in [2.24, 2.45) is 11.3 Å². The Morgan fingerprint density at radius 3 is 2.19 bits per heavy atom. The molecular formula is C24H36Cl2Zr. The van der Waals surface area contributed by atoms with Gasteiger partial charge in [0.1, 0.15) is 0 Å². The third-order valence-corrected chi connectivity index (χ3v) is 12.8. The van der Waals surface area contributed by atoms with Crippen molar-refractivity contribution in [3.8, 4) is 0 Å². The maximum atomic E-state index is 2.77. The molecule has 0 aromatic heterocycles. The summed E-state index contributed by atoms with van der Waals surface area (Å²) in [6.45, 7) is 14.4. The first-order valence-corrected chi connectivity index (χ1v) is 12.9. The number of unbranched alkanes of at least 4 members (excludes halogenated alkanes) is 1. The fourth-order valence-electron chi connectivity index (χ4n) is 4.99. The normalized spacial score (nSPS) is 26.8. The van der Waals surface area contributed by atoms with Gasteiger partial charge in [-0.05, 0) is 0 Å². The monoisotopic (exact) mass is 484 g/mol. The summed E-state index contributed by atoms with van der Waals surface area (Å²) in [6.07, 6.45) is 17.8. The summed E-state index contributed by atoms with van der Waals surface area (Å²) in [7, 11) is 0. The molecule has 27 heavy (non-hydrogen) atoms. The molecule has 3 aliphatic rings. The second kappa shape index (κ2) is 9.95. The van der Waals surface area contributed by atoms with Crippen molar-refractivity contribution in [3.63, 3.8) is 0 Å². The van der Waals surface area contributed by atoms with Crippen LogP contribution in [0.4, 0.5) is 0 Å². The zero-order chi connectivity index (χ0) is 18.2. The minimum absolute atomic E-state index is 0. The van der Waals surface area contributed by atoms with E-state index >= 15 is 0 Å². The molecule has 3 aliphatic carbocycles. The largest absolute Gasteiger partial charge is 1.00 e. The average Bonchev–Trinajstić information content (AvgIpc) is 3.28. The summed E-state index contributed by atoms with van der Waals surface area (Å²) >= 11 is -0.715. The van der Waals surface area contributed by atoms with E-state index in [1.165, 1.54) is 44.9 Å². The molecule has 0 bridgehead atoms. The summed E-state index contributed by atoms with van der Waals surface area (Å²) in [6, 6.07) is 0. The van der Waals surface area contributed by atoms with Gasteiger partial charge in [0.2, 0.25) is 0 Å². The number of rotatable bonds is 6. The zero-order valence-corrected chi connectivity index (χ0v) is 22.0. The predicted molar refractivity (Wildman–Crippen MR) is 106 cm³/mol. The molecule has 150 valence electrons. The Kier molecular flexibility index (Phi) is 9.39. The standard InChI is InChI=1S/C14H21.C10H15.2ClH.Zr/c1-2-3-6-12-9-10-14(11-12)13-7-4-5-8-13;1-7-6-10(4,5)9(3)8(7)2;;;/h9-11,13H,2-8H2,1H3;1-5H3;2*1H;/q;;;;+2/p-2. The molecule has 0 N–H and O–H groups in total. The second-order valence-corrected chi connectivity index (χ2v) is 13.2. The minimum Gasteiger partial charge on any atom is -1.00 e. The van der Waals surface area contributed by atoms with Crippen molar-refractivity contribution in [1.29, 1.82) is 0 Å². The van der Waals surface area contributed by atoms with Crippen molar-refractivity contribution in [2.45, 2.75) is 89.6 Å². The van der Waals surface area contributed by atoms with E-state index in [1.807, 2.05) is 3.28 Å². The first-order valence-electron chi connectivity index (χ1n) is 10.4. The van der Waals surface area contributed by atoms with Gasteiger partial charge >= 0.3 is 168 Å². The Bertz CT molecular complexity index is 660. The van der Waals surface area contributed by atoms with E-state index in [1.54, 1.807) is 22.3 Å². The number of hydrogen-bond donors (Lipinski definition) is 0. The Balaban J connectivity index is 0.00000182. The molecule has 3 rings (SSSR count). The van der Waals surface area contributed by atoms with Crippen LogP contribution in [-0.4, -0.2) is 0 Å². The molecule has 0 radical (unpaired) electrons. The van der Waals surface area contributed by atoms with E-state index < -0.39 is 23.2 Å². The van der Waals surface area contributed by atoms with Gasteiger partial charge in [-0.15, -0.1) is 0 Å². The predicted octanol–water partition coefficient (Wildman–Crippen LogP) is 1.76. The van der Waals surface area contributed by atoms with Crippen molar-refractivity contribution in [1.82, 2.24) is 0 Å². The molecule has 0 aromatic rings. The zero-order valence-electron chi connectivity index (χ0n) is 18.0. The van der Waals surface area contributed by atoms with Gasteiger partial charge in [-0.3, -0.25) is 0 Å². The van der Waals surface area contributed by atoms with Gasteiger partial charge in [-0.1, -0.05) is 0 Å². The van der Waals surface area contributed by atoms with Crippen LogP contribution in [0.3, 0.4) is 0 Å². The summed E-state index contributed by atoms with van der Waals surface area (Å²) in [4.78, 5) is 0. The molecule has 1 atom stereocenters. The van der Waals surface area contributed by atoms with Crippen molar-refractivity contribution < 1.29 is 48.0 Å². The van der Waals surface area contributed by atoms with E-state index in [2.05, 4.69) is 59.8 Å². The van der Waals surface area contributed by atoms with Gasteiger partial charge in [0.05, 0.1) is 0 Å². The number of hydrogen-bond acceptors (Lipinski definition) is 0. The van der Waals surface area contributed by atoms with Crippen molar-refractivity contribution in [2.75, 3.05) is 0 Å². The molecule has 1 saturated carbocycles. The molecule has 0 spiro atoms. The van der Waals surface area contributed by atoms with Crippen LogP contribution in [0.2, 0.25) is 3.12 Å². The van der Waals surface area contributed by atoms with Gasteiger partial charge < -0.3 is 24.8 Å². The summed E-state index contributed by atoms with van der Waals surface area (Å²) in [5.41, 5.74) is 6.84. The van der Waals surface area contributed by atoms with Crippen LogP contribution in [0.15, 0.2) is 43.8 Å². The average molecular weight is 487 g/mol. The van der Waals surface area contributed by atoms with E-state index in [0.29, 0.717) is 8.54 Å². The van der Waals surface area contributed by atoms with Crippen LogP contribution in [0.5, 0.6) is 0 Å². The van der Waals surface area contributed by atoms with Crippen molar-refractivity contribution in [3.05, 3.63) is 43.8 Å². The Labute approximate surface area is 191 Å². The van der Waals surface area contributed by atoms with Gasteiger partial charge in [-0.25, -0.2) is 0 Å². The smallest absolute Gasteiger partial charge is 1.00 e. The van der Waals surface area contributed by atoms with Crippen LogP contribution < -0.4 is 24.8 Å². The third-order valence-electron chi connectivity index (χ3n) is 7.19. The molecular weight excluding hydrogens is 450 g/mol. The molecule has 1 fully saturated rings. The van der Waals surface area contributed by atoms with E-state index in [9.17, 15) is 0 Å². The molecule has 0 nitrogen and oxygen atoms in total. The molecule has 0 heterocycles. The second-order valence-electron chi connectivity index (χ2n) is 9.10. The van der Waals surface area contributed by atoms with Crippen LogP contribution >= 0.6 is 0 Å². The van der Waals surface area contributed by atoms with Gasteiger partial charge in [0.15, 0.2) is 0 Å².